The highest BCUT2D eigenvalue weighted by Gasteiger charge is 2.15. The summed E-state index contributed by atoms with van der Waals surface area (Å²) in [5.74, 6) is -4.11. The molecule has 0 atom stereocenters. The van der Waals surface area contributed by atoms with Crippen LogP contribution in [0.25, 0.3) is 16.9 Å². The zero-order valence-electron chi connectivity index (χ0n) is 10.5. The van der Waals surface area contributed by atoms with E-state index in [1.54, 1.807) is 6.07 Å². The number of aromatic nitrogens is 2. The van der Waals surface area contributed by atoms with Crippen LogP contribution in [-0.4, -0.2) is 9.78 Å². The van der Waals surface area contributed by atoms with Crippen LogP contribution in [0.4, 0.5) is 13.2 Å². The van der Waals surface area contributed by atoms with Gasteiger partial charge in [0.15, 0.2) is 17.5 Å². The fourth-order valence-electron chi connectivity index (χ4n) is 1.95. The van der Waals surface area contributed by atoms with Gasteiger partial charge < -0.3 is 0 Å². The van der Waals surface area contributed by atoms with E-state index in [4.69, 9.17) is 11.6 Å². The molecule has 0 amide bonds. The van der Waals surface area contributed by atoms with Gasteiger partial charge in [-0.15, -0.1) is 0 Å². The van der Waals surface area contributed by atoms with Gasteiger partial charge in [-0.1, -0.05) is 41.9 Å². The van der Waals surface area contributed by atoms with Crippen molar-refractivity contribution in [3.8, 4) is 16.9 Å². The van der Waals surface area contributed by atoms with Gasteiger partial charge in [0.25, 0.3) is 0 Å². The third-order valence-corrected chi connectivity index (χ3v) is 3.22. The number of benzene rings is 2. The standard InChI is InChI=1S/C15H8ClF3N2/c16-14-8-13(9-4-2-1-3-5-9)20-21(14)10-6-11(17)15(19)12(18)7-10/h1-8H. The van der Waals surface area contributed by atoms with Crippen molar-refractivity contribution in [1.29, 1.82) is 0 Å². The molecule has 1 aromatic heterocycles. The number of halogens is 4. The Morgan fingerprint density at radius 2 is 1.52 bits per heavy atom. The molecule has 2 nitrogen and oxygen atoms in total. The van der Waals surface area contributed by atoms with Gasteiger partial charge in [0.1, 0.15) is 5.15 Å². The van der Waals surface area contributed by atoms with Gasteiger partial charge in [-0.25, -0.2) is 17.9 Å². The summed E-state index contributed by atoms with van der Waals surface area (Å²) >= 11 is 6.04. The maximum atomic E-state index is 13.3. The Labute approximate surface area is 123 Å². The van der Waals surface area contributed by atoms with E-state index in [9.17, 15) is 13.2 Å². The van der Waals surface area contributed by atoms with E-state index in [0.717, 1.165) is 22.4 Å². The van der Waals surface area contributed by atoms with Gasteiger partial charge in [0.05, 0.1) is 11.4 Å². The first-order chi connectivity index (χ1) is 10.1. The van der Waals surface area contributed by atoms with Crippen LogP contribution < -0.4 is 0 Å². The molecule has 1 heterocycles. The van der Waals surface area contributed by atoms with Crippen molar-refractivity contribution < 1.29 is 13.2 Å². The fourth-order valence-corrected chi connectivity index (χ4v) is 2.19. The van der Waals surface area contributed by atoms with Crippen LogP contribution in [0.15, 0.2) is 48.5 Å². The Morgan fingerprint density at radius 1 is 0.905 bits per heavy atom. The van der Waals surface area contributed by atoms with Gasteiger partial charge in [-0.2, -0.15) is 5.10 Å². The van der Waals surface area contributed by atoms with E-state index in [1.165, 1.54) is 0 Å². The van der Waals surface area contributed by atoms with E-state index < -0.39 is 17.5 Å². The molecule has 3 aromatic rings. The van der Waals surface area contributed by atoms with Crippen molar-refractivity contribution in [1.82, 2.24) is 9.78 Å². The van der Waals surface area contributed by atoms with Gasteiger partial charge in [-0.3, -0.25) is 0 Å². The van der Waals surface area contributed by atoms with Crippen molar-refractivity contribution >= 4 is 11.6 Å². The van der Waals surface area contributed by atoms with Crippen LogP contribution in [0.3, 0.4) is 0 Å². The summed E-state index contributed by atoms with van der Waals surface area (Å²) in [6.45, 7) is 0. The average Bonchev–Trinajstić information content (AvgIpc) is 2.87. The molecule has 106 valence electrons. The molecule has 2 aromatic carbocycles. The Balaban J connectivity index is 2.10. The quantitative estimate of drug-likeness (QED) is 0.632. The van der Waals surface area contributed by atoms with E-state index in [2.05, 4.69) is 5.10 Å². The molecule has 21 heavy (non-hydrogen) atoms. The van der Waals surface area contributed by atoms with Crippen molar-refractivity contribution in [3.63, 3.8) is 0 Å². The van der Waals surface area contributed by atoms with Crippen molar-refractivity contribution in [2.75, 3.05) is 0 Å². The lowest BCUT2D eigenvalue weighted by Crippen LogP contribution is -2.01. The van der Waals surface area contributed by atoms with E-state index >= 15 is 0 Å². The lowest BCUT2D eigenvalue weighted by Gasteiger charge is -2.04. The van der Waals surface area contributed by atoms with Crippen LogP contribution in [-0.2, 0) is 0 Å². The van der Waals surface area contributed by atoms with Crippen molar-refractivity contribution in [3.05, 3.63) is 71.1 Å². The minimum Gasteiger partial charge on any atom is -0.221 e. The monoisotopic (exact) mass is 308 g/mol. The summed E-state index contributed by atoms with van der Waals surface area (Å²) in [5.41, 5.74) is 1.37. The molecular formula is C15H8ClF3N2. The normalized spacial score (nSPS) is 10.9. The van der Waals surface area contributed by atoms with E-state index in [0.29, 0.717) is 5.69 Å². The van der Waals surface area contributed by atoms with Gasteiger partial charge >= 0.3 is 0 Å². The Bertz CT molecular complexity index is 777. The largest absolute Gasteiger partial charge is 0.221 e. The van der Waals surface area contributed by atoms with Crippen LogP contribution in [0.5, 0.6) is 0 Å². The molecule has 0 radical (unpaired) electrons. The summed E-state index contributed by atoms with van der Waals surface area (Å²) in [6.07, 6.45) is 0. The minimum atomic E-state index is -1.52. The second-order valence-corrected chi connectivity index (χ2v) is 4.74. The first kappa shape index (κ1) is 13.7. The molecule has 6 heteroatoms. The Kier molecular flexibility index (Phi) is 3.43. The molecule has 0 N–H and O–H groups in total. The molecule has 0 spiro atoms. The number of nitrogens with zero attached hydrogens (tertiary/aromatic N) is 2. The Morgan fingerprint density at radius 3 is 2.14 bits per heavy atom. The molecular weight excluding hydrogens is 301 g/mol. The first-order valence-electron chi connectivity index (χ1n) is 6.02. The minimum absolute atomic E-state index is 0.0126. The fraction of sp³-hybridized carbons (Fsp3) is 0. The zero-order valence-corrected chi connectivity index (χ0v) is 11.3. The highest BCUT2D eigenvalue weighted by molar-refractivity contribution is 6.30. The summed E-state index contributed by atoms with van der Waals surface area (Å²) in [7, 11) is 0. The predicted molar refractivity (Wildman–Crippen MR) is 73.9 cm³/mol. The van der Waals surface area contributed by atoms with Crippen LogP contribution in [0.2, 0.25) is 5.15 Å². The second kappa shape index (κ2) is 5.26. The lowest BCUT2D eigenvalue weighted by atomic mass is 10.2. The lowest BCUT2D eigenvalue weighted by molar-refractivity contribution is 0.446. The molecule has 0 fully saturated rings. The third kappa shape index (κ3) is 2.52. The summed E-state index contributed by atoms with van der Waals surface area (Å²) in [5, 5.41) is 4.36. The number of rotatable bonds is 2. The van der Waals surface area contributed by atoms with Crippen LogP contribution >= 0.6 is 11.6 Å². The van der Waals surface area contributed by atoms with E-state index in [-0.39, 0.29) is 10.8 Å². The van der Waals surface area contributed by atoms with E-state index in [1.807, 2.05) is 30.3 Å². The maximum Gasteiger partial charge on any atom is 0.194 e. The van der Waals surface area contributed by atoms with Crippen LogP contribution in [0.1, 0.15) is 0 Å². The molecule has 0 bridgehead atoms. The molecule has 3 rings (SSSR count). The Hall–Kier alpha value is -2.27. The molecule has 0 saturated heterocycles. The first-order valence-corrected chi connectivity index (χ1v) is 6.40. The second-order valence-electron chi connectivity index (χ2n) is 4.35. The molecule has 0 aliphatic carbocycles. The molecule has 0 aliphatic rings. The molecule has 0 aliphatic heterocycles. The van der Waals surface area contributed by atoms with Gasteiger partial charge in [-0.05, 0) is 0 Å². The average molecular weight is 309 g/mol. The predicted octanol–water partition coefficient (Wildman–Crippen LogP) is 4.61. The van der Waals surface area contributed by atoms with Crippen molar-refractivity contribution in [2.24, 2.45) is 0 Å². The number of hydrogen-bond donors (Lipinski definition) is 0. The highest BCUT2D eigenvalue weighted by atomic mass is 35.5. The number of hydrogen-bond acceptors (Lipinski definition) is 1. The van der Waals surface area contributed by atoms with Gasteiger partial charge in [0.2, 0.25) is 0 Å². The van der Waals surface area contributed by atoms with Crippen molar-refractivity contribution in [2.45, 2.75) is 0 Å². The summed E-state index contributed by atoms with van der Waals surface area (Å²) in [6, 6.07) is 12.4. The smallest absolute Gasteiger partial charge is 0.194 e. The summed E-state index contributed by atoms with van der Waals surface area (Å²) < 4.78 is 40.7. The topological polar surface area (TPSA) is 17.8 Å². The highest BCUT2D eigenvalue weighted by Crippen LogP contribution is 2.25. The molecule has 0 unspecified atom stereocenters. The van der Waals surface area contributed by atoms with Gasteiger partial charge in [0, 0.05) is 23.8 Å². The zero-order chi connectivity index (χ0) is 15.0. The summed E-state index contributed by atoms with van der Waals surface area (Å²) in [4.78, 5) is 0. The van der Waals surface area contributed by atoms with Crippen LogP contribution in [0, 0.1) is 17.5 Å². The SMILES string of the molecule is Fc1cc(-n2nc(-c3ccccc3)cc2Cl)cc(F)c1F. The molecule has 0 saturated carbocycles. The maximum absolute atomic E-state index is 13.3. The third-order valence-electron chi connectivity index (χ3n) is 2.95.